The number of hydrogen-bond acceptors (Lipinski definition) is 6. The number of aromatic nitrogens is 1. The summed E-state index contributed by atoms with van der Waals surface area (Å²) in [4.78, 5) is 28.3. The number of nitrogens with zero attached hydrogens (tertiary/aromatic N) is 1. The Hall–Kier alpha value is -2.41. The summed E-state index contributed by atoms with van der Waals surface area (Å²) >= 11 is 1.44. The second kappa shape index (κ2) is 9.91. The predicted molar refractivity (Wildman–Crippen MR) is 101 cm³/mol. The molecule has 6 nitrogen and oxygen atoms in total. The molecule has 1 atom stereocenters. The van der Waals surface area contributed by atoms with Crippen LogP contribution in [0.3, 0.4) is 0 Å². The summed E-state index contributed by atoms with van der Waals surface area (Å²) < 4.78 is 10.8. The minimum atomic E-state index is -0.814. The Kier molecular flexibility index (Phi) is 7.59. The van der Waals surface area contributed by atoms with Gasteiger partial charge in [-0.1, -0.05) is 19.1 Å². The van der Waals surface area contributed by atoms with Gasteiger partial charge in [-0.3, -0.25) is 9.59 Å². The van der Waals surface area contributed by atoms with Crippen LogP contribution in [0.1, 0.15) is 32.9 Å². The molecule has 2 aromatic rings. The van der Waals surface area contributed by atoms with Gasteiger partial charge in [0.1, 0.15) is 10.8 Å². The summed E-state index contributed by atoms with van der Waals surface area (Å²) in [6, 6.07) is 7.66. The maximum atomic E-state index is 12.1. The third-order valence-electron chi connectivity index (χ3n) is 3.52. The van der Waals surface area contributed by atoms with Crippen molar-refractivity contribution in [2.75, 3.05) is 13.2 Å². The van der Waals surface area contributed by atoms with E-state index in [1.807, 2.05) is 43.5 Å². The molecule has 1 N–H and O–H groups in total. The van der Waals surface area contributed by atoms with Gasteiger partial charge in [-0.15, -0.1) is 11.3 Å². The molecular weight excluding hydrogens is 352 g/mol. The topological polar surface area (TPSA) is 77.5 Å². The van der Waals surface area contributed by atoms with Crippen LogP contribution in [-0.2, 0) is 20.7 Å². The Morgan fingerprint density at radius 3 is 2.77 bits per heavy atom. The van der Waals surface area contributed by atoms with E-state index in [1.165, 1.54) is 11.3 Å². The lowest BCUT2D eigenvalue weighted by Crippen LogP contribution is -2.36. The number of carbonyl (C=O) groups excluding carboxylic acids is 2. The average molecular weight is 376 g/mol. The zero-order chi connectivity index (χ0) is 18.9. The van der Waals surface area contributed by atoms with Crippen molar-refractivity contribution in [2.45, 2.75) is 39.7 Å². The number of hydrogen-bond donors (Lipinski definition) is 1. The van der Waals surface area contributed by atoms with Gasteiger partial charge < -0.3 is 14.8 Å². The standard InChI is InChI=1S/C19H24N2O4S/c1-4-10-20-18(23)13(3)25-17(22)11-14-12-26-19(21-14)15-8-6-7-9-16(15)24-5-2/h6-9,12-13H,4-5,10-11H2,1-3H3,(H,20,23). The van der Waals surface area contributed by atoms with E-state index in [0.717, 1.165) is 22.7 Å². The molecule has 26 heavy (non-hydrogen) atoms. The molecule has 0 spiro atoms. The van der Waals surface area contributed by atoms with Crippen LogP contribution in [0, 0.1) is 0 Å². The van der Waals surface area contributed by atoms with Crippen molar-refractivity contribution in [3.63, 3.8) is 0 Å². The molecule has 0 radical (unpaired) electrons. The number of thiazole rings is 1. The number of ether oxygens (including phenoxy) is 2. The highest BCUT2D eigenvalue weighted by Crippen LogP contribution is 2.32. The smallest absolute Gasteiger partial charge is 0.312 e. The van der Waals surface area contributed by atoms with Crippen molar-refractivity contribution < 1.29 is 19.1 Å². The van der Waals surface area contributed by atoms with Gasteiger partial charge in [-0.2, -0.15) is 0 Å². The number of esters is 1. The lowest BCUT2D eigenvalue weighted by atomic mass is 10.2. The van der Waals surface area contributed by atoms with E-state index in [1.54, 1.807) is 6.92 Å². The van der Waals surface area contributed by atoms with Crippen molar-refractivity contribution in [2.24, 2.45) is 0 Å². The third-order valence-corrected chi connectivity index (χ3v) is 4.45. The van der Waals surface area contributed by atoms with E-state index >= 15 is 0 Å². The molecule has 2 rings (SSSR count). The Labute approximate surface area is 157 Å². The van der Waals surface area contributed by atoms with Crippen LogP contribution in [0.25, 0.3) is 10.6 Å². The van der Waals surface area contributed by atoms with Gasteiger partial charge in [0.2, 0.25) is 0 Å². The van der Waals surface area contributed by atoms with Crippen molar-refractivity contribution in [3.05, 3.63) is 35.3 Å². The van der Waals surface area contributed by atoms with Gasteiger partial charge in [0.25, 0.3) is 5.91 Å². The van der Waals surface area contributed by atoms with Crippen molar-refractivity contribution in [3.8, 4) is 16.3 Å². The number of amides is 1. The minimum Gasteiger partial charge on any atom is -0.493 e. The molecule has 0 aliphatic rings. The van der Waals surface area contributed by atoms with Crippen LogP contribution in [0.15, 0.2) is 29.6 Å². The molecule has 0 bridgehead atoms. The first-order valence-corrected chi connectivity index (χ1v) is 9.56. The first kappa shape index (κ1) is 19.9. The molecular formula is C19H24N2O4S. The van der Waals surface area contributed by atoms with E-state index in [4.69, 9.17) is 9.47 Å². The fourth-order valence-corrected chi connectivity index (χ4v) is 3.12. The predicted octanol–water partition coefficient (Wildman–Crippen LogP) is 3.21. The molecule has 7 heteroatoms. The number of para-hydroxylation sites is 1. The van der Waals surface area contributed by atoms with Crippen molar-refractivity contribution >= 4 is 23.2 Å². The maximum absolute atomic E-state index is 12.1. The van der Waals surface area contributed by atoms with Crippen LogP contribution >= 0.6 is 11.3 Å². The lowest BCUT2D eigenvalue weighted by molar-refractivity contribution is -0.154. The molecule has 1 unspecified atom stereocenters. The molecule has 0 saturated heterocycles. The molecule has 0 aliphatic heterocycles. The van der Waals surface area contributed by atoms with Gasteiger partial charge in [0, 0.05) is 11.9 Å². The highest BCUT2D eigenvalue weighted by Gasteiger charge is 2.19. The highest BCUT2D eigenvalue weighted by atomic mass is 32.1. The Balaban J connectivity index is 1.98. The summed E-state index contributed by atoms with van der Waals surface area (Å²) in [6.45, 7) is 6.58. The summed E-state index contributed by atoms with van der Waals surface area (Å²) in [7, 11) is 0. The molecule has 0 saturated carbocycles. The fourth-order valence-electron chi connectivity index (χ4n) is 2.27. The van der Waals surface area contributed by atoms with Crippen molar-refractivity contribution in [1.82, 2.24) is 10.3 Å². The monoisotopic (exact) mass is 376 g/mol. The summed E-state index contributed by atoms with van der Waals surface area (Å²) in [5.74, 6) is 0.00333. The normalized spacial score (nSPS) is 11.7. The van der Waals surface area contributed by atoms with Crippen molar-refractivity contribution in [1.29, 1.82) is 0 Å². The molecule has 1 heterocycles. The highest BCUT2D eigenvalue weighted by molar-refractivity contribution is 7.13. The molecule has 0 fully saturated rings. The van der Waals surface area contributed by atoms with Gasteiger partial charge in [-0.05, 0) is 32.4 Å². The lowest BCUT2D eigenvalue weighted by Gasteiger charge is -2.12. The Morgan fingerprint density at radius 2 is 2.04 bits per heavy atom. The van der Waals surface area contributed by atoms with Gasteiger partial charge in [0.15, 0.2) is 6.10 Å². The van der Waals surface area contributed by atoms with E-state index in [9.17, 15) is 9.59 Å². The number of nitrogens with one attached hydrogen (secondary N) is 1. The SMILES string of the molecule is CCCNC(=O)C(C)OC(=O)Cc1csc(-c2ccccc2OCC)n1. The average Bonchev–Trinajstić information content (AvgIpc) is 3.08. The quantitative estimate of drug-likeness (QED) is 0.680. The van der Waals surface area contributed by atoms with Crippen LogP contribution in [0.2, 0.25) is 0 Å². The summed E-state index contributed by atoms with van der Waals surface area (Å²) in [6.07, 6.45) is 0.0430. The Morgan fingerprint density at radius 1 is 1.27 bits per heavy atom. The van der Waals surface area contributed by atoms with Gasteiger partial charge in [-0.25, -0.2) is 4.98 Å². The molecule has 140 valence electrons. The minimum absolute atomic E-state index is 0.0265. The Bertz CT molecular complexity index is 745. The zero-order valence-corrected chi connectivity index (χ0v) is 16.1. The van der Waals surface area contributed by atoms with E-state index in [-0.39, 0.29) is 12.3 Å². The van der Waals surface area contributed by atoms with Crippen LogP contribution < -0.4 is 10.1 Å². The second-order valence-corrected chi connectivity index (χ2v) is 6.53. The van der Waals surface area contributed by atoms with E-state index in [2.05, 4.69) is 10.3 Å². The number of carbonyl (C=O) groups is 2. The molecule has 1 aromatic heterocycles. The van der Waals surface area contributed by atoms with Crippen LogP contribution in [0.4, 0.5) is 0 Å². The number of benzene rings is 1. The fraction of sp³-hybridized carbons (Fsp3) is 0.421. The first-order valence-electron chi connectivity index (χ1n) is 8.68. The van der Waals surface area contributed by atoms with E-state index in [0.29, 0.717) is 18.8 Å². The third kappa shape index (κ3) is 5.56. The maximum Gasteiger partial charge on any atom is 0.312 e. The summed E-state index contributed by atoms with van der Waals surface area (Å²) in [5, 5.41) is 5.31. The first-order chi connectivity index (χ1) is 12.5. The van der Waals surface area contributed by atoms with Gasteiger partial charge in [0.05, 0.1) is 24.3 Å². The molecule has 0 aliphatic carbocycles. The van der Waals surface area contributed by atoms with Crippen LogP contribution in [-0.4, -0.2) is 36.1 Å². The molecule has 1 amide bonds. The largest absolute Gasteiger partial charge is 0.493 e. The zero-order valence-electron chi connectivity index (χ0n) is 15.3. The molecule has 1 aromatic carbocycles. The number of rotatable bonds is 9. The van der Waals surface area contributed by atoms with Crippen LogP contribution in [0.5, 0.6) is 5.75 Å². The second-order valence-electron chi connectivity index (χ2n) is 5.67. The summed E-state index contributed by atoms with van der Waals surface area (Å²) in [5.41, 5.74) is 1.51. The van der Waals surface area contributed by atoms with Gasteiger partial charge >= 0.3 is 5.97 Å². The van der Waals surface area contributed by atoms with E-state index < -0.39 is 12.1 Å².